The van der Waals surface area contributed by atoms with Gasteiger partial charge in [0.1, 0.15) is 0 Å². The second-order valence-corrected chi connectivity index (χ2v) is 5.45. The fraction of sp³-hybridized carbons (Fsp3) is 0.308. The van der Waals surface area contributed by atoms with E-state index in [1.165, 1.54) is 0 Å². The zero-order chi connectivity index (χ0) is 12.6. The minimum Gasteiger partial charge on any atom is -0.314 e. The van der Waals surface area contributed by atoms with Crippen LogP contribution in [-0.2, 0) is 17.3 Å². The Morgan fingerprint density at radius 1 is 1.17 bits per heavy atom. The molecule has 0 aliphatic carbocycles. The molecular weight excluding hydrogens is 246 g/mol. The average molecular weight is 263 g/mol. The van der Waals surface area contributed by atoms with Gasteiger partial charge in [0, 0.05) is 36.1 Å². The first-order valence-corrected chi connectivity index (χ1v) is 7.30. The first-order chi connectivity index (χ1) is 8.86. The Kier molecular flexibility index (Phi) is 5.11. The molecule has 0 unspecified atom stereocenters. The van der Waals surface area contributed by atoms with E-state index in [0.29, 0.717) is 5.75 Å². The SMILES string of the molecule is O=[S@@](CCNCCn1cccn1)c1ccccc1. The maximum atomic E-state index is 11.9. The van der Waals surface area contributed by atoms with Crippen LogP contribution in [0.1, 0.15) is 0 Å². The Hall–Kier alpha value is -1.46. The second kappa shape index (κ2) is 7.08. The van der Waals surface area contributed by atoms with Crippen molar-refractivity contribution in [2.45, 2.75) is 11.4 Å². The van der Waals surface area contributed by atoms with Crippen molar-refractivity contribution in [3.05, 3.63) is 48.8 Å². The molecule has 0 aliphatic heterocycles. The van der Waals surface area contributed by atoms with E-state index in [1.807, 2.05) is 47.3 Å². The predicted octanol–water partition coefficient (Wildman–Crippen LogP) is 1.28. The zero-order valence-electron chi connectivity index (χ0n) is 10.2. The molecule has 1 atom stereocenters. The molecule has 0 fully saturated rings. The number of nitrogens with zero attached hydrogens (tertiary/aromatic N) is 2. The van der Waals surface area contributed by atoms with Gasteiger partial charge in [0.15, 0.2) is 0 Å². The summed E-state index contributed by atoms with van der Waals surface area (Å²) in [5.74, 6) is 0.642. The van der Waals surface area contributed by atoms with Crippen molar-refractivity contribution in [3.8, 4) is 0 Å². The molecule has 96 valence electrons. The summed E-state index contributed by atoms with van der Waals surface area (Å²) in [5, 5.41) is 7.38. The van der Waals surface area contributed by atoms with Crippen LogP contribution in [0, 0.1) is 0 Å². The van der Waals surface area contributed by atoms with Crippen molar-refractivity contribution < 1.29 is 4.21 Å². The molecule has 0 saturated carbocycles. The number of hydrogen-bond acceptors (Lipinski definition) is 3. The quantitative estimate of drug-likeness (QED) is 0.766. The van der Waals surface area contributed by atoms with Crippen LogP contribution in [0.2, 0.25) is 0 Å². The molecule has 1 heterocycles. The van der Waals surface area contributed by atoms with Gasteiger partial charge in [-0.1, -0.05) is 18.2 Å². The van der Waals surface area contributed by atoms with Crippen molar-refractivity contribution in [2.24, 2.45) is 0 Å². The molecule has 1 aromatic carbocycles. The Balaban J connectivity index is 1.62. The lowest BCUT2D eigenvalue weighted by Gasteiger charge is -2.05. The van der Waals surface area contributed by atoms with E-state index in [0.717, 1.165) is 24.5 Å². The third-order valence-electron chi connectivity index (χ3n) is 2.55. The molecule has 0 radical (unpaired) electrons. The Morgan fingerprint density at radius 3 is 2.72 bits per heavy atom. The molecular formula is C13H17N3OS. The highest BCUT2D eigenvalue weighted by molar-refractivity contribution is 7.85. The third kappa shape index (κ3) is 4.09. The molecule has 1 N–H and O–H groups in total. The normalized spacial score (nSPS) is 12.4. The number of aromatic nitrogens is 2. The Morgan fingerprint density at radius 2 is 2.00 bits per heavy atom. The summed E-state index contributed by atoms with van der Waals surface area (Å²) in [6, 6.07) is 11.5. The zero-order valence-corrected chi connectivity index (χ0v) is 11.0. The molecule has 0 saturated heterocycles. The minimum atomic E-state index is -0.909. The van der Waals surface area contributed by atoms with Crippen LogP contribution in [0.3, 0.4) is 0 Å². The van der Waals surface area contributed by atoms with E-state index in [-0.39, 0.29) is 0 Å². The summed E-state index contributed by atoms with van der Waals surface area (Å²) >= 11 is 0. The summed E-state index contributed by atoms with van der Waals surface area (Å²) in [6.07, 6.45) is 3.70. The molecule has 0 aliphatic rings. The van der Waals surface area contributed by atoms with Gasteiger partial charge in [-0.3, -0.25) is 8.89 Å². The molecule has 2 rings (SSSR count). The summed E-state index contributed by atoms with van der Waals surface area (Å²) in [6.45, 7) is 2.43. The number of benzene rings is 1. The van der Waals surface area contributed by atoms with Crippen molar-refractivity contribution in [2.75, 3.05) is 18.8 Å². The largest absolute Gasteiger partial charge is 0.314 e. The molecule has 0 bridgehead atoms. The van der Waals surface area contributed by atoms with Crippen LogP contribution >= 0.6 is 0 Å². The van der Waals surface area contributed by atoms with Gasteiger partial charge in [0.2, 0.25) is 0 Å². The summed E-state index contributed by atoms with van der Waals surface area (Å²) in [4.78, 5) is 0.895. The van der Waals surface area contributed by atoms with Gasteiger partial charge in [-0.05, 0) is 18.2 Å². The average Bonchev–Trinajstić information content (AvgIpc) is 2.92. The van der Waals surface area contributed by atoms with Crippen LogP contribution in [-0.4, -0.2) is 32.8 Å². The maximum absolute atomic E-state index is 11.9. The standard InChI is InChI=1S/C13H17N3OS/c17-18(13-5-2-1-3-6-13)12-9-14-8-11-16-10-4-7-15-16/h1-7,10,14H,8-9,11-12H2/t18-/m0/s1. The van der Waals surface area contributed by atoms with E-state index in [2.05, 4.69) is 10.4 Å². The summed E-state index contributed by atoms with van der Waals surface area (Å²) in [7, 11) is -0.909. The van der Waals surface area contributed by atoms with Crippen molar-refractivity contribution in [1.82, 2.24) is 15.1 Å². The van der Waals surface area contributed by atoms with Crippen LogP contribution in [0.4, 0.5) is 0 Å². The highest BCUT2D eigenvalue weighted by Gasteiger charge is 2.01. The summed E-state index contributed by atoms with van der Waals surface area (Å²) in [5.41, 5.74) is 0. The van der Waals surface area contributed by atoms with Gasteiger partial charge in [-0.25, -0.2) is 0 Å². The lowest BCUT2D eigenvalue weighted by Crippen LogP contribution is -2.24. The molecule has 2 aromatic rings. The lowest BCUT2D eigenvalue weighted by atomic mass is 10.4. The van der Waals surface area contributed by atoms with E-state index >= 15 is 0 Å². The van der Waals surface area contributed by atoms with Gasteiger partial charge in [0.05, 0.1) is 17.3 Å². The highest BCUT2D eigenvalue weighted by atomic mass is 32.2. The van der Waals surface area contributed by atoms with Gasteiger partial charge < -0.3 is 5.32 Å². The third-order valence-corrected chi connectivity index (χ3v) is 3.92. The lowest BCUT2D eigenvalue weighted by molar-refractivity contribution is 0.565. The van der Waals surface area contributed by atoms with E-state index in [4.69, 9.17) is 0 Å². The number of nitrogens with one attached hydrogen (secondary N) is 1. The van der Waals surface area contributed by atoms with E-state index < -0.39 is 10.8 Å². The van der Waals surface area contributed by atoms with Crippen molar-refractivity contribution >= 4 is 10.8 Å². The van der Waals surface area contributed by atoms with Crippen LogP contribution in [0.5, 0.6) is 0 Å². The van der Waals surface area contributed by atoms with Crippen LogP contribution < -0.4 is 5.32 Å². The molecule has 0 spiro atoms. The first-order valence-electron chi connectivity index (χ1n) is 5.98. The number of hydrogen-bond donors (Lipinski definition) is 1. The van der Waals surface area contributed by atoms with Gasteiger partial charge in [-0.15, -0.1) is 0 Å². The first kappa shape index (κ1) is 13.0. The van der Waals surface area contributed by atoms with Crippen molar-refractivity contribution in [1.29, 1.82) is 0 Å². The summed E-state index contributed by atoms with van der Waals surface area (Å²) < 4.78 is 13.8. The maximum Gasteiger partial charge on any atom is 0.0542 e. The smallest absolute Gasteiger partial charge is 0.0542 e. The predicted molar refractivity (Wildman–Crippen MR) is 72.8 cm³/mol. The Labute approximate surface area is 109 Å². The molecule has 4 nitrogen and oxygen atoms in total. The van der Waals surface area contributed by atoms with Gasteiger partial charge in [0.25, 0.3) is 0 Å². The second-order valence-electron chi connectivity index (χ2n) is 3.88. The minimum absolute atomic E-state index is 0.642. The van der Waals surface area contributed by atoms with E-state index in [9.17, 15) is 4.21 Å². The molecule has 5 heteroatoms. The molecule has 0 amide bonds. The fourth-order valence-corrected chi connectivity index (χ4v) is 2.63. The van der Waals surface area contributed by atoms with Gasteiger partial charge in [-0.2, -0.15) is 5.10 Å². The van der Waals surface area contributed by atoms with Crippen LogP contribution in [0.25, 0.3) is 0 Å². The topological polar surface area (TPSA) is 46.9 Å². The monoisotopic (exact) mass is 263 g/mol. The fourth-order valence-electron chi connectivity index (χ4n) is 1.61. The molecule has 1 aromatic heterocycles. The highest BCUT2D eigenvalue weighted by Crippen LogP contribution is 2.04. The number of rotatable bonds is 7. The van der Waals surface area contributed by atoms with Crippen LogP contribution in [0.15, 0.2) is 53.7 Å². The Bertz CT molecular complexity index is 470. The van der Waals surface area contributed by atoms with E-state index in [1.54, 1.807) is 6.20 Å². The van der Waals surface area contributed by atoms with Gasteiger partial charge >= 0.3 is 0 Å². The molecule has 18 heavy (non-hydrogen) atoms. The van der Waals surface area contributed by atoms with Crippen molar-refractivity contribution in [3.63, 3.8) is 0 Å².